The predicted molar refractivity (Wildman–Crippen MR) is 213 cm³/mol. The Morgan fingerprint density at radius 3 is 1.25 bits per heavy atom. The first kappa shape index (κ1) is 46.1. The first-order valence-corrected chi connectivity index (χ1v) is 19.8. The van der Waals surface area contributed by atoms with Crippen molar-refractivity contribution in [3.05, 3.63) is 152 Å². The molecule has 0 saturated carbocycles. The van der Waals surface area contributed by atoms with Gasteiger partial charge in [-0.2, -0.15) is 0 Å². The molecule has 0 spiro atoms. The molecule has 0 aliphatic heterocycles. The van der Waals surface area contributed by atoms with Gasteiger partial charge in [-0.3, -0.25) is 9.59 Å². The number of rotatable bonds is 13. The Morgan fingerprint density at radius 2 is 0.841 bits per heavy atom. The van der Waals surface area contributed by atoms with E-state index in [2.05, 4.69) is 10.3 Å². The summed E-state index contributed by atoms with van der Waals surface area (Å²) in [5.74, 6) is -28.9. The molecule has 2 heterocycles. The van der Waals surface area contributed by atoms with Crippen molar-refractivity contribution in [2.75, 3.05) is 0 Å². The molecule has 0 fully saturated rings. The van der Waals surface area contributed by atoms with Crippen LogP contribution in [0, 0.1) is 52.4 Å². The lowest BCUT2D eigenvalue weighted by Gasteiger charge is -2.31. The van der Waals surface area contributed by atoms with Crippen LogP contribution in [-0.4, -0.2) is 56.1 Å². The maximum atomic E-state index is 17.0. The minimum absolute atomic E-state index is 0.0692. The largest absolute Gasteiger partial charge is 0.360 e. The highest BCUT2D eigenvalue weighted by Gasteiger charge is 2.44. The number of hydrogen-bond acceptors (Lipinski definition) is 6. The van der Waals surface area contributed by atoms with Gasteiger partial charge in [-0.25, -0.2) is 39.5 Å². The second kappa shape index (κ2) is 18.1. The van der Waals surface area contributed by atoms with Crippen LogP contribution in [0.1, 0.15) is 110 Å². The van der Waals surface area contributed by atoms with Gasteiger partial charge in [0, 0.05) is 58.4 Å². The third kappa shape index (κ3) is 8.20. The van der Waals surface area contributed by atoms with Crippen LogP contribution in [0.15, 0.2) is 69.7 Å². The summed E-state index contributed by atoms with van der Waals surface area (Å²) in [7, 11) is 0. The van der Waals surface area contributed by atoms with E-state index in [1.165, 1.54) is 34.1 Å². The molecule has 0 radical (unpaired) electrons. The zero-order chi connectivity index (χ0) is 46.3. The fourth-order valence-electron chi connectivity index (χ4n) is 7.89. The molecule has 63 heavy (non-hydrogen) atoms. The van der Waals surface area contributed by atoms with Gasteiger partial charge in [-0.15, -0.1) is 0 Å². The first-order chi connectivity index (χ1) is 29.7. The molecule has 0 N–H and O–H groups in total. The topological polar surface area (TPSA) is 92.7 Å². The number of carbonyl (C=O) groups is 2. The van der Waals surface area contributed by atoms with Gasteiger partial charge in [0.1, 0.15) is 22.5 Å². The number of aromatic nitrogens is 2. The van der Waals surface area contributed by atoms with E-state index < -0.39 is 140 Å². The number of amides is 2. The summed E-state index contributed by atoms with van der Waals surface area (Å²) in [6.07, 6.45) is -1.17. The molecule has 0 bridgehead atoms. The van der Waals surface area contributed by atoms with Gasteiger partial charge in [-0.1, -0.05) is 71.0 Å². The first-order valence-electron chi connectivity index (χ1n) is 19.8. The van der Waals surface area contributed by atoms with Crippen LogP contribution < -0.4 is 0 Å². The summed E-state index contributed by atoms with van der Waals surface area (Å²) in [5, 5.41) is 7.83. The molecule has 17 heteroatoms. The van der Waals surface area contributed by atoms with E-state index in [1.54, 1.807) is 91.8 Å². The molecule has 6 rings (SSSR count). The van der Waals surface area contributed by atoms with E-state index in [4.69, 9.17) is 9.05 Å². The highest BCUT2D eigenvalue weighted by atomic mass is 19.2. The highest BCUT2D eigenvalue weighted by molar-refractivity contribution is 6.02. The van der Waals surface area contributed by atoms with E-state index in [1.807, 2.05) is 0 Å². The molecule has 4 aromatic carbocycles. The summed E-state index contributed by atoms with van der Waals surface area (Å²) in [5.41, 5.74) is -6.46. The summed E-state index contributed by atoms with van der Waals surface area (Å²) < 4.78 is 155. The lowest BCUT2D eigenvalue weighted by molar-refractivity contribution is 0.0632. The second-order valence-electron chi connectivity index (χ2n) is 15.9. The Bertz CT molecular complexity index is 2610. The Labute approximate surface area is 356 Å². The molecule has 2 aromatic heterocycles. The number of nitrogens with zero attached hydrogens (tertiary/aromatic N) is 4. The Balaban J connectivity index is 1.66. The molecule has 332 valence electrons. The monoisotopic (exact) mass is 884 g/mol. The minimum Gasteiger partial charge on any atom is -0.360 e. The third-order valence-electron chi connectivity index (χ3n) is 10.5. The normalized spacial score (nSPS) is 12.3. The Kier molecular flexibility index (Phi) is 13.3. The number of halogens is 9. The molecule has 1 atom stereocenters. The van der Waals surface area contributed by atoms with Crippen LogP contribution in [0.2, 0.25) is 0 Å². The molecule has 0 saturated heterocycles. The second-order valence-corrected chi connectivity index (χ2v) is 15.9. The summed E-state index contributed by atoms with van der Waals surface area (Å²) in [6, 6.07) is 13.2. The van der Waals surface area contributed by atoms with E-state index in [-0.39, 0.29) is 16.8 Å². The van der Waals surface area contributed by atoms with Crippen molar-refractivity contribution in [1.82, 2.24) is 20.1 Å². The fourth-order valence-corrected chi connectivity index (χ4v) is 7.89. The van der Waals surface area contributed by atoms with Crippen LogP contribution in [0.3, 0.4) is 0 Å². The van der Waals surface area contributed by atoms with Gasteiger partial charge in [0.2, 0.25) is 5.82 Å². The maximum absolute atomic E-state index is 17.0. The quantitative estimate of drug-likeness (QED) is 0.0652. The molecule has 0 aliphatic carbocycles. The Morgan fingerprint density at radius 1 is 0.492 bits per heavy atom. The van der Waals surface area contributed by atoms with E-state index in [0.29, 0.717) is 5.56 Å². The molecule has 2 amide bonds. The van der Waals surface area contributed by atoms with Gasteiger partial charge in [0.05, 0.1) is 5.92 Å². The molecular weight excluding hydrogens is 844 g/mol. The van der Waals surface area contributed by atoms with Crippen LogP contribution in [0.4, 0.5) is 39.5 Å². The molecule has 1 unspecified atom stereocenters. The van der Waals surface area contributed by atoms with Gasteiger partial charge < -0.3 is 18.8 Å². The average Bonchev–Trinajstić information content (AvgIpc) is 3.88. The highest BCUT2D eigenvalue weighted by Crippen LogP contribution is 2.45. The van der Waals surface area contributed by atoms with E-state index >= 15 is 35.1 Å². The van der Waals surface area contributed by atoms with Gasteiger partial charge in [-0.05, 0) is 55.4 Å². The van der Waals surface area contributed by atoms with Crippen molar-refractivity contribution in [1.29, 1.82) is 0 Å². The summed E-state index contributed by atoms with van der Waals surface area (Å²) in [6.45, 7) is 13.1. The minimum atomic E-state index is -3.10. The Hall–Kier alpha value is -6.39. The molecular formula is C46H41F9N4O4. The smallest absolute Gasteiger partial charge is 0.260 e. The van der Waals surface area contributed by atoms with Crippen LogP contribution in [0.5, 0.6) is 0 Å². The van der Waals surface area contributed by atoms with Crippen LogP contribution >= 0.6 is 0 Å². The lowest BCUT2D eigenvalue weighted by atomic mass is 9.83. The van der Waals surface area contributed by atoms with Crippen molar-refractivity contribution in [3.63, 3.8) is 0 Å². The summed E-state index contributed by atoms with van der Waals surface area (Å²) in [4.78, 5) is 31.4. The number of carbonyl (C=O) groups excluding carboxylic acids is 2. The number of hydrogen-bond donors (Lipinski definition) is 0. The summed E-state index contributed by atoms with van der Waals surface area (Å²) >= 11 is 0. The van der Waals surface area contributed by atoms with Crippen molar-refractivity contribution in [3.8, 4) is 22.5 Å². The van der Waals surface area contributed by atoms with Gasteiger partial charge in [0.15, 0.2) is 58.1 Å². The van der Waals surface area contributed by atoms with Crippen molar-refractivity contribution in [2.24, 2.45) is 0 Å². The molecule has 8 nitrogen and oxygen atoms in total. The van der Waals surface area contributed by atoms with Gasteiger partial charge >= 0.3 is 0 Å². The maximum Gasteiger partial charge on any atom is 0.260 e. The van der Waals surface area contributed by atoms with Gasteiger partial charge in [0.25, 0.3) is 11.8 Å². The fraction of sp³-hybridized carbons (Fsp3) is 0.304. The lowest BCUT2D eigenvalue weighted by Crippen LogP contribution is -2.42. The number of benzene rings is 4. The third-order valence-corrected chi connectivity index (χ3v) is 10.5. The van der Waals surface area contributed by atoms with E-state index in [9.17, 15) is 14.0 Å². The zero-order valence-electron chi connectivity index (χ0n) is 35.2. The average molecular weight is 885 g/mol. The zero-order valence-corrected chi connectivity index (χ0v) is 35.2. The van der Waals surface area contributed by atoms with Crippen LogP contribution in [-0.2, 0) is 6.42 Å². The van der Waals surface area contributed by atoms with Crippen LogP contribution in [0.25, 0.3) is 22.5 Å². The van der Waals surface area contributed by atoms with Crippen molar-refractivity contribution in [2.45, 2.75) is 91.9 Å². The molecule has 0 aliphatic rings. The molecule has 6 aromatic rings. The van der Waals surface area contributed by atoms with E-state index in [0.717, 1.165) is 0 Å². The predicted octanol–water partition coefficient (Wildman–Crippen LogP) is 11.5. The SMILES string of the molecule is CC(C)N(C(=O)c1c(-c2ccccc2)noc1Cc1c(F)c(F)c(C(c2onc(-c3ccccc3)c2C(=O)N(C(C)C)C(C)C)c2c(F)c(F)c(F)c(F)c2F)c(F)c1F)C(C)C. The van der Waals surface area contributed by atoms with Crippen molar-refractivity contribution < 1.29 is 58.1 Å². The standard InChI is InChI=1S/C46H41F9N4O4/c1-20(2)58(21(3)4)45(60)28-27(62-56-42(28)24-15-11-9-12-16-24)19-26-33(47)35(49)30(36(50)34(26)48)29(31-37(51)39(53)41(55)40(54)38(31)52)44-32(46(61)59(22(5)6)23(7)8)43(57-63-44)25-17-13-10-14-18-25/h9-18,20-23,29H,19H2,1-8H3. The van der Waals surface area contributed by atoms with Crippen molar-refractivity contribution >= 4 is 11.8 Å².